The summed E-state index contributed by atoms with van der Waals surface area (Å²) in [5.74, 6) is -0.541. The zero-order valence-electron chi connectivity index (χ0n) is 11.2. The Balaban J connectivity index is 2.70. The Kier molecular flexibility index (Phi) is 3.79. The Morgan fingerprint density at radius 1 is 1.15 bits per heavy atom. The van der Waals surface area contributed by atoms with Crippen molar-refractivity contribution >= 4 is 11.7 Å². The summed E-state index contributed by atoms with van der Waals surface area (Å²) >= 11 is 0. The van der Waals surface area contributed by atoms with Crippen LogP contribution in [0.2, 0.25) is 0 Å². The van der Waals surface area contributed by atoms with Crippen molar-refractivity contribution in [2.24, 2.45) is 0 Å². The van der Waals surface area contributed by atoms with Crippen molar-refractivity contribution < 1.29 is 19.4 Å². The highest BCUT2D eigenvalue weighted by atomic mass is 16.5. The highest BCUT2D eigenvalue weighted by Crippen LogP contribution is 2.37. The molecule has 0 aromatic heterocycles. The Morgan fingerprint density at radius 3 is 2.40 bits per heavy atom. The predicted octanol–water partition coefficient (Wildman–Crippen LogP) is 2.65. The molecule has 5 nitrogen and oxygen atoms in total. The van der Waals surface area contributed by atoms with E-state index in [1.165, 1.54) is 20.3 Å². The lowest BCUT2D eigenvalue weighted by Gasteiger charge is -2.14. The standard InChI is InChI=1S/C15H15NO4/c1-19-13-8-9(10-5-3-4-6-12(10)16)7-11(15(17)18)14(13)20-2/h3-8H,16H2,1-2H3,(H,17,18). The van der Waals surface area contributed by atoms with Gasteiger partial charge in [-0.15, -0.1) is 0 Å². The number of para-hydroxylation sites is 1. The average molecular weight is 273 g/mol. The summed E-state index contributed by atoms with van der Waals surface area (Å²) in [7, 11) is 2.86. The number of anilines is 1. The van der Waals surface area contributed by atoms with Gasteiger partial charge in [-0.1, -0.05) is 18.2 Å². The first-order valence-corrected chi connectivity index (χ1v) is 5.92. The molecule has 5 heteroatoms. The zero-order chi connectivity index (χ0) is 14.7. The fourth-order valence-electron chi connectivity index (χ4n) is 2.04. The maximum Gasteiger partial charge on any atom is 0.339 e. The number of methoxy groups -OCH3 is 2. The molecule has 0 radical (unpaired) electrons. The monoisotopic (exact) mass is 273 g/mol. The van der Waals surface area contributed by atoms with Crippen LogP contribution in [0.15, 0.2) is 36.4 Å². The molecule has 20 heavy (non-hydrogen) atoms. The van der Waals surface area contributed by atoms with Crippen LogP contribution in [0.5, 0.6) is 11.5 Å². The first kappa shape index (κ1) is 13.7. The molecule has 0 unspecified atom stereocenters. The molecular weight excluding hydrogens is 258 g/mol. The van der Waals surface area contributed by atoms with Gasteiger partial charge in [0.25, 0.3) is 0 Å². The van der Waals surface area contributed by atoms with Gasteiger partial charge in [-0.2, -0.15) is 0 Å². The lowest BCUT2D eigenvalue weighted by molar-refractivity contribution is 0.0692. The van der Waals surface area contributed by atoms with E-state index in [1.807, 2.05) is 18.2 Å². The second kappa shape index (κ2) is 5.52. The van der Waals surface area contributed by atoms with Crippen LogP contribution in [0.25, 0.3) is 11.1 Å². The molecule has 0 aliphatic carbocycles. The highest BCUT2D eigenvalue weighted by molar-refractivity contribution is 5.95. The van der Waals surface area contributed by atoms with Crippen LogP contribution in [0.4, 0.5) is 5.69 Å². The van der Waals surface area contributed by atoms with Gasteiger partial charge in [0.1, 0.15) is 5.56 Å². The summed E-state index contributed by atoms with van der Waals surface area (Å²) in [5.41, 5.74) is 7.93. The predicted molar refractivity (Wildman–Crippen MR) is 76.4 cm³/mol. The van der Waals surface area contributed by atoms with E-state index >= 15 is 0 Å². The minimum Gasteiger partial charge on any atom is -0.493 e. The fraction of sp³-hybridized carbons (Fsp3) is 0.133. The van der Waals surface area contributed by atoms with E-state index in [1.54, 1.807) is 12.1 Å². The van der Waals surface area contributed by atoms with E-state index in [2.05, 4.69) is 0 Å². The van der Waals surface area contributed by atoms with Crippen LogP contribution < -0.4 is 15.2 Å². The van der Waals surface area contributed by atoms with E-state index < -0.39 is 5.97 Å². The summed E-state index contributed by atoms with van der Waals surface area (Å²) in [5, 5.41) is 9.29. The second-order valence-corrected chi connectivity index (χ2v) is 4.15. The molecule has 3 N–H and O–H groups in total. The van der Waals surface area contributed by atoms with Gasteiger partial charge in [0.15, 0.2) is 11.5 Å². The molecule has 0 amide bonds. The number of carboxylic acids is 1. The number of hydrogen-bond acceptors (Lipinski definition) is 4. The highest BCUT2D eigenvalue weighted by Gasteiger charge is 2.18. The molecule has 2 aromatic carbocycles. The van der Waals surface area contributed by atoms with Crippen molar-refractivity contribution in [1.29, 1.82) is 0 Å². The summed E-state index contributed by atoms with van der Waals surface area (Å²) in [6.07, 6.45) is 0. The van der Waals surface area contributed by atoms with Crippen molar-refractivity contribution in [1.82, 2.24) is 0 Å². The number of nitrogens with two attached hydrogens (primary N) is 1. The molecule has 0 saturated heterocycles. The van der Waals surface area contributed by atoms with Crippen LogP contribution in [-0.4, -0.2) is 25.3 Å². The first-order valence-electron chi connectivity index (χ1n) is 5.92. The smallest absolute Gasteiger partial charge is 0.339 e. The van der Waals surface area contributed by atoms with Crippen molar-refractivity contribution in [3.05, 3.63) is 42.0 Å². The number of carbonyl (C=O) groups is 1. The Bertz CT molecular complexity index is 652. The lowest BCUT2D eigenvalue weighted by atomic mass is 10.00. The van der Waals surface area contributed by atoms with E-state index in [0.29, 0.717) is 17.0 Å². The van der Waals surface area contributed by atoms with Crippen molar-refractivity contribution in [2.45, 2.75) is 0 Å². The van der Waals surface area contributed by atoms with Crippen molar-refractivity contribution in [3.8, 4) is 22.6 Å². The number of ether oxygens (including phenoxy) is 2. The van der Waals surface area contributed by atoms with Gasteiger partial charge in [0.2, 0.25) is 0 Å². The summed E-state index contributed by atoms with van der Waals surface area (Å²) in [4.78, 5) is 11.4. The van der Waals surface area contributed by atoms with E-state index in [0.717, 1.165) is 5.56 Å². The van der Waals surface area contributed by atoms with E-state index in [4.69, 9.17) is 15.2 Å². The third-order valence-electron chi connectivity index (χ3n) is 2.98. The molecule has 0 bridgehead atoms. The molecule has 104 valence electrons. The first-order chi connectivity index (χ1) is 9.58. The molecule has 0 atom stereocenters. The summed E-state index contributed by atoms with van der Waals surface area (Å²) in [6.45, 7) is 0. The van der Waals surface area contributed by atoms with Crippen LogP contribution in [-0.2, 0) is 0 Å². The van der Waals surface area contributed by atoms with Gasteiger partial charge < -0.3 is 20.3 Å². The second-order valence-electron chi connectivity index (χ2n) is 4.15. The number of nitrogen functional groups attached to an aromatic ring is 1. The molecule has 0 heterocycles. The van der Waals surface area contributed by atoms with Crippen LogP contribution in [0.1, 0.15) is 10.4 Å². The molecule has 0 spiro atoms. The number of carboxylic acid groups (broad SMARTS) is 1. The minimum absolute atomic E-state index is 0.0325. The summed E-state index contributed by atoms with van der Waals surface area (Å²) in [6, 6.07) is 10.5. The quantitative estimate of drug-likeness (QED) is 0.837. The van der Waals surface area contributed by atoms with Crippen LogP contribution >= 0.6 is 0 Å². The Hall–Kier alpha value is -2.69. The van der Waals surface area contributed by atoms with Gasteiger partial charge in [-0.3, -0.25) is 0 Å². The van der Waals surface area contributed by atoms with E-state index in [-0.39, 0.29) is 11.3 Å². The maximum absolute atomic E-state index is 11.4. The lowest BCUT2D eigenvalue weighted by Crippen LogP contribution is -2.03. The van der Waals surface area contributed by atoms with Crippen molar-refractivity contribution in [2.75, 3.05) is 20.0 Å². The molecule has 0 fully saturated rings. The van der Waals surface area contributed by atoms with Gasteiger partial charge in [0, 0.05) is 11.3 Å². The number of benzene rings is 2. The Labute approximate surface area is 116 Å². The molecular formula is C15H15NO4. The normalized spacial score (nSPS) is 10.1. The van der Waals surface area contributed by atoms with Crippen LogP contribution in [0.3, 0.4) is 0 Å². The van der Waals surface area contributed by atoms with Crippen molar-refractivity contribution in [3.63, 3.8) is 0 Å². The molecule has 2 aromatic rings. The molecule has 2 rings (SSSR count). The molecule has 0 aliphatic heterocycles. The van der Waals surface area contributed by atoms with E-state index in [9.17, 15) is 9.90 Å². The third-order valence-corrected chi connectivity index (χ3v) is 2.98. The van der Waals surface area contributed by atoms with Gasteiger partial charge in [-0.05, 0) is 23.8 Å². The largest absolute Gasteiger partial charge is 0.493 e. The number of rotatable bonds is 4. The van der Waals surface area contributed by atoms with Gasteiger partial charge >= 0.3 is 5.97 Å². The minimum atomic E-state index is -1.09. The zero-order valence-corrected chi connectivity index (χ0v) is 11.2. The SMILES string of the molecule is COc1cc(-c2ccccc2N)cc(C(=O)O)c1OC. The van der Waals surface area contributed by atoms with Gasteiger partial charge in [0.05, 0.1) is 14.2 Å². The van der Waals surface area contributed by atoms with Gasteiger partial charge in [-0.25, -0.2) is 4.79 Å². The summed E-state index contributed by atoms with van der Waals surface area (Å²) < 4.78 is 10.3. The topological polar surface area (TPSA) is 81.8 Å². The van der Waals surface area contributed by atoms with Crippen LogP contribution in [0, 0.1) is 0 Å². The molecule has 0 saturated carbocycles. The number of aromatic carboxylic acids is 1. The molecule has 0 aliphatic rings. The maximum atomic E-state index is 11.4. The average Bonchev–Trinajstić information content (AvgIpc) is 2.46. The Morgan fingerprint density at radius 2 is 1.85 bits per heavy atom. The third kappa shape index (κ3) is 2.38. The fourth-order valence-corrected chi connectivity index (χ4v) is 2.04. The number of hydrogen-bond donors (Lipinski definition) is 2.